The molecule has 1 aromatic heterocycles. The van der Waals surface area contributed by atoms with Crippen molar-refractivity contribution in [3.8, 4) is 5.75 Å². The molecule has 0 spiro atoms. The van der Waals surface area contributed by atoms with E-state index in [2.05, 4.69) is 11.9 Å². The van der Waals surface area contributed by atoms with Gasteiger partial charge in [-0.2, -0.15) is 0 Å². The molecule has 2 rings (SSSR count). The first-order chi connectivity index (χ1) is 15.9. The van der Waals surface area contributed by atoms with Crippen LogP contribution in [0.25, 0.3) is 0 Å². The molecule has 1 amide bonds. The summed E-state index contributed by atoms with van der Waals surface area (Å²) < 4.78 is 5.80. The molecular formula is C27H38N2O4. The molecule has 0 fully saturated rings. The van der Waals surface area contributed by atoms with E-state index in [1.165, 1.54) is 19.3 Å². The largest absolute Gasteiger partial charge is 0.478 e. The normalized spacial score (nSPS) is 12.7. The predicted octanol–water partition coefficient (Wildman–Crippen LogP) is 5.30. The highest BCUT2D eigenvalue weighted by atomic mass is 16.5. The van der Waals surface area contributed by atoms with Crippen molar-refractivity contribution >= 4 is 11.9 Å². The van der Waals surface area contributed by atoms with Crippen LogP contribution in [0, 0.1) is 0 Å². The second kappa shape index (κ2) is 13.6. The molecule has 0 aliphatic rings. The van der Waals surface area contributed by atoms with E-state index in [0.29, 0.717) is 31.6 Å². The van der Waals surface area contributed by atoms with E-state index in [4.69, 9.17) is 4.74 Å². The average Bonchev–Trinajstić information content (AvgIpc) is 2.81. The number of nitrogens with zero attached hydrogens (tertiary/aromatic N) is 2. The first-order valence-corrected chi connectivity index (χ1v) is 12.1. The van der Waals surface area contributed by atoms with Gasteiger partial charge in [0.05, 0.1) is 6.42 Å². The summed E-state index contributed by atoms with van der Waals surface area (Å²) in [5, 5.41) is 9.48. The van der Waals surface area contributed by atoms with Crippen LogP contribution in [0.3, 0.4) is 0 Å². The number of aromatic nitrogens is 1. The van der Waals surface area contributed by atoms with E-state index >= 15 is 0 Å². The highest BCUT2D eigenvalue weighted by molar-refractivity contribution is 5.78. The summed E-state index contributed by atoms with van der Waals surface area (Å²) in [6.07, 6.45) is 10.6. The lowest BCUT2D eigenvalue weighted by atomic mass is 10.0. The van der Waals surface area contributed by atoms with Crippen LogP contribution in [0.1, 0.15) is 70.4 Å². The van der Waals surface area contributed by atoms with Crippen LogP contribution >= 0.6 is 0 Å². The molecule has 33 heavy (non-hydrogen) atoms. The monoisotopic (exact) mass is 454 g/mol. The van der Waals surface area contributed by atoms with Crippen LogP contribution in [0.5, 0.6) is 5.75 Å². The number of hydrogen-bond donors (Lipinski definition) is 1. The van der Waals surface area contributed by atoms with Crippen molar-refractivity contribution in [3.05, 3.63) is 59.9 Å². The van der Waals surface area contributed by atoms with Gasteiger partial charge in [0.25, 0.3) is 0 Å². The third-order valence-corrected chi connectivity index (χ3v) is 6.00. The van der Waals surface area contributed by atoms with E-state index in [0.717, 1.165) is 30.5 Å². The van der Waals surface area contributed by atoms with Crippen molar-refractivity contribution < 1.29 is 19.4 Å². The van der Waals surface area contributed by atoms with Crippen LogP contribution in [0.2, 0.25) is 0 Å². The molecular weight excluding hydrogens is 416 g/mol. The third-order valence-electron chi connectivity index (χ3n) is 6.00. The molecule has 0 saturated carbocycles. The Labute approximate surface area is 198 Å². The average molecular weight is 455 g/mol. The van der Waals surface area contributed by atoms with Gasteiger partial charge in [0.1, 0.15) is 5.75 Å². The molecule has 6 nitrogen and oxygen atoms in total. The summed E-state index contributed by atoms with van der Waals surface area (Å²) in [4.78, 5) is 30.7. The molecule has 0 aliphatic heterocycles. The summed E-state index contributed by atoms with van der Waals surface area (Å²) in [6.45, 7) is 6.93. The lowest BCUT2D eigenvalue weighted by Gasteiger charge is -2.25. The maximum absolute atomic E-state index is 13.0. The Hall–Kier alpha value is -2.89. The predicted molar refractivity (Wildman–Crippen MR) is 130 cm³/mol. The van der Waals surface area contributed by atoms with Crippen LogP contribution < -0.4 is 4.74 Å². The maximum atomic E-state index is 13.0. The molecule has 0 aliphatic carbocycles. The Kier molecular flexibility index (Phi) is 10.9. The van der Waals surface area contributed by atoms with Crippen molar-refractivity contribution in [1.82, 2.24) is 9.88 Å². The Bertz CT molecular complexity index is 871. The number of hydrogen-bond acceptors (Lipinski definition) is 4. The number of carboxylic acids is 1. The second-order valence-corrected chi connectivity index (χ2v) is 8.72. The van der Waals surface area contributed by atoms with Gasteiger partial charge in [0.15, 0.2) is 0 Å². The van der Waals surface area contributed by atoms with Gasteiger partial charge in [-0.1, -0.05) is 57.7 Å². The van der Waals surface area contributed by atoms with Gasteiger partial charge in [-0.15, -0.1) is 0 Å². The number of carbonyl (C=O) groups is 2. The van der Waals surface area contributed by atoms with E-state index in [-0.39, 0.29) is 5.91 Å². The molecule has 1 aromatic carbocycles. The summed E-state index contributed by atoms with van der Waals surface area (Å²) in [5.74, 6) is -0.340. The van der Waals surface area contributed by atoms with Gasteiger partial charge in [0.2, 0.25) is 11.5 Å². The number of ether oxygens (including phenoxy) is 1. The highest BCUT2D eigenvalue weighted by Crippen LogP contribution is 2.23. The van der Waals surface area contributed by atoms with Gasteiger partial charge in [-0.25, -0.2) is 4.79 Å². The zero-order chi connectivity index (χ0) is 24.1. The van der Waals surface area contributed by atoms with E-state index < -0.39 is 11.6 Å². The van der Waals surface area contributed by atoms with Crippen LogP contribution in [0.15, 0.2) is 48.8 Å². The van der Waals surface area contributed by atoms with Crippen LogP contribution in [0.4, 0.5) is 0 Å². The van der Waals surface area contributed by atoms with Crippen molar-refractivity contribution in [2.45, 2.75) is 77.7 Å². The topological polar surface area (TPSA) is 79.7 Å². The minimum Gasteiger partial charge on any atom is -0.478 e. The quantitative estimate of drug-likeness (QED) is 0.370. The summed E-state index contributed by atoms with van der Waals surface area (Å²) in [6, 6.07) is 11.3. The van der Waals surface area contributed by atoms with Crippen molar-refractivity contribution in [3.63, 3.8) is 0 Å². The Morgan fingerprint density at radius 3 is 2.45 bits per heavy atom. The van der Waals surface area contributed by atoms with Crippen molar-refractivity contribution in [2.24, 2.45) is 0 Å². The van der Waals surface area contributed by atoms with Crippen LogP contribution in [-0.2, 0) is 22.4 Å². The molecule has 180 valence electrons. The van der Waals surface area contributed by atoms with E-state index in [1.807, 2.05) is 35.2 Å². The van der Waals surface area contributed by atoms with E-state index in [1.54, 1.807) is 32.3 Å². The van der Waals surface area contributed by atoms with Crippen LogP contribution in [-0.4, -0.2) is 45.6 Å². The summed E-state index contributed by atoms with van der Waals surface area (Å²) in [7, 11) is 0. The highest BCUT2D eigenvalue weighted by Gasteiger charge is 2.33. The fourth-order valence-corrected chi connectivity index (χ4v) is 3.61. The minimum absolute atomic E-state index is 0.107. The second-order valence-electron chi connectivity index (χ2n) is 8.72. The number of carbonyl (C=O) groups excluding carboxylic acids is 1. The number of rotatable bonds is 15. The van der Waals surface area contributed by atoms with Gasteiger partial charge < -0.3 is 14.7 Å². The number of unbranched alkanes of at least 4 members (excludes halogenated alkanes) is 4. The standard InChI is InChI=1S/C27H38N2O4/c1-4-6-7-8-9-17-29(25(30)20-23-13-11-16-28-21-23)18-15-22-12-10-14-24(19-22)33-27(3,5-2)26(31)32/h10-14,16,19,21H,4-9,15,17-18,20H2,1-3H3,(H,31,32). The fourth-order valence-electron chi connectivity index (χ4n) is 3.61. The minimum atomic E-state index is -1.26. The zero-order valence-corrected chi connectivity index (χ0v) is 20.3. The third kappa shape index (κ3) is 8.87. The molecule has 6 heteroatoms. The number of amides is 1. The first-order valence-electron chi connectivity index (χ1n) is 12.1. The number of benzene rings is 1. The molecule has 1 unspecified atom stereocenters. The van der Waals surface area contributed by atoms with Gasteiger partial charge in [-0.05, 0) is 55.5 Å². The first kappa shape index (κ1) is 26.4. The zero-order valence-electron chi connectivity index (χ0n) is 20.3. The molecule has 2 aromatic rings. The number of pyridine rings is 1. The number of carboxylic acid groups (broad SMARTS) is 1. The molecule has 1 atom stereocenters. The smallest absolute Gasteiger partial charge is 0.347 e. The Balaban J connectivity index is 2.03. The molecule has 0 bridgehead atoms. The fraction of sp³-hybridized carbons (Fsp3) is 0.519. The maximum Gasteiger partial charge on any atom is 0.347 e. The molecule has 1 N–H and O–H groups in total. The summed E-state index contributed by atoms with van der Waals surface area (Å²) in [5.41, 5.74) is 0.672. The SMILES string of the molecule is CCCCCCCN(CCc1cccc(OC(C)(CC)C(=O)O)c1)C(=O)Cc1cccnc1. The van der Waals surface area contributed by atoms with Gasteiger partial charge in [0, 0.05) is 25.5 Å². The van der Waals surface area contributed by atoms with Crippen molar-refractivity contribution in [1.29, 1.82) is 0 Å². The van der Waals surface area contributed by atoms with Crippen molar-refractivity contribution in [2.75, 3.05) is 13.1 Å². The number of aliphatic carboxylic acids is 1. The van der Waals surface area contributed by atoms with Gasteiger partial charge in [-0.3, -0.25) is 9.78 Å². The Morgan fingerprint density at radius 1 is 1.03 bits per heavy atom. The lowest BCUT2D eigenvalue weighted by molar-refractivity contribution is -0.154. The molecule has 0 radical (unpaired) electrons. The Morgan fingerprint density at radius 2 is 1.79 bits per heavy atom. The van der Waals surface area contributed by atoms with E-state index in [9.17, 15) is 14.7 Å². The van der Waals surface area contributed by atoms with Gasteiger partial charge >= 0.3 is 5.97 Å². The lowest BCUT2D eigenvalue weighted by Crippen LogP contribution is -2.40. The summed E-state index contributed by atoms with van der Waals surface area (Å²) >= 11 is 0. The molecule has 1 heterocycles. The molecule has 0 saturated heterocycles.